The Morgan fingerprint density at radius 3 is 2.58 bits per heavy atom. The van der Waals surface area contributed by atoms with Crippen LogP contribution in [0.25, 0.3) is 0 Å². The van der Waals surface area contributed by atoms with Crippen LogP contribution in [0.4, 0.5) is 0 Å². The van der Waals surface area contributed by atoms with Gasteiger partial charge in [-0.2, -0.15) is 5.10 Å². The lowest BCUT2D eigenvalue weighted by Crippen LogP contribution is -2.33. The van der Waals surface area contributed by atoms with Gasteiger partial charge in [-0.25, -0.2) is 0 Å². The van der Waals surface area contributed by atoms with E-state index < -0.39 is 0 Å². The summed E-state index contributed by atoms with van der Waals surface area (Å²) in [5.74, 6) is 0.0352. The molecule has 1 aliphatic carbocycles. The Balaban J connectivity index is 1.51. The van der Waals surface area contributed by atoms with E-state index >= 15 is 0 Å². The van der Waals surface area contributed by atoms with E-state index in [2.05, 4.69) is 42.7 Å². The van der Waals surface area contributed by atoms with Gasteiger partial charge in [0.05, 0.1) is 12.2 Å². The zero-order valence-corrected chi connectivity index (χ0v) is 14.6. The average Bonchev–Trinajstić information content (AvgIpc) is 3.30. The predicted molar refractivity (Wildman–Crippen MR) is 94.9 cm³/mol. The SMILES string of the molecule is Cc1cnn([C@@H](C)[C@H](C)NCc2ccc(C(=O)NC3CC3)cc2)c1. The molecular weight excluding hydrogens is 300 g/mol. The fourth-order valence-corrected chi connectivity index (χ4v) is 2.60. The Hall–Kier alpha value is -2.14. The molecule has 2 aromatic rings. The number of hydrogen-bond acceptors (Lipinski definition) is 3. The normalized spacial score (nSPS) is 16.6. The zero-order chi connectivity index (χ0) is 17.1. The van der Waals surface area contributed by atoms with Gasteiger partial charge in [0.1, 0.15) is 0 Å². The summed E-state index contributed by atoms with van der Waals surface area (Å²) >= 11 is 0. The molecule has 3 rings (SSSR count). The van der Waals surface area contributed by atoms with Gasteiger partial charge in [0.15, 0.2) is 0 Å². The fraction of sp³-hybridized carbons (Fsp3) is 0.474. The highest BCUT2D eigenvalue weighted by atomic mass is 16.1. The standard InChI is InChI=1S/C19H26N4O/c1-13-10-21-23(12-13)15(3)14(2)20-11-16-4-6-17(7-5-16)19(24)22-18-8-9-18/h4-7,10,12,14-15,18,20H,8-9,11H2,1-3H3,(H,22,24)/t14-,15-/m0/s1. The Kier molecular flexibility index (Phi) is 5.00. The number of aromatic nitrogens is 2. The number of rotatable bonds is 7. The second-order valence-corrected chi connectivity index (χ2v) is 6.85. The quantitative estimate of drug-likeness (QED) is 0.822. The van der Waals surface area contributed by atoms with Crippen LogP contribution in [0.5, 0.6) is 0 Å². The van der Waals surface area contributed by atoms with Gasteiger partial charge in [-0.15, -0.1) is 0 Å². The first-order chi connectivity index (χ1) is 11.5. The fourth-order valence-electron chi connectivity index (χ4n) is 2.60. The second-order valence-electron chi connectivity index (χ2n) is 6.85. The molecule has 0 aliphatic heterocycles. The van der Waals surface area contributed by atoms with Crippen molar-refractivity contribution < 1.29 is 4.79 Å². The molecule has 1 aliphatic rings. The summed E-state index contributed by atoms with van der Waals surface area (Å²) in [5.41, 5.74) is 3.09. The molecule has 5 heteroatoms. The van der Waals surface area contributed by atoms with Crippen molar-refractivity contribution in [2.45, 2.75) is 58.3 Å². The molecule has 1 saturated carbocycles. The first-order valence-electron chi connectivity index (χ1n) is 8.67. The largest absolute Gasteiger partial charge is 0.349 e. The maximum absolute atomic E-state index is 12.0. The number of amides is 1. The summed E-state index contributed by atoms with van der Waals surface area (Å²) in [4.78, 5) is 12.0. The van der Waals surface area contributed by atoms with E-state index in [1.807, 2.05) is 35.1 Å². The molecule has 0 spiro atoms. The number of carbonyl (C=O) groups is 1. The Morgan fingerprint density at radius 1 is 1.29 bits per heavy atom. The molecule has 1 heterocycles. The minimum Gasteiger partial charge on any atom is -0.349 e. The minimum atomic E-state index is 0.0352. The Bertz CT molecular complexity index is 688. The van der Waals surface area contributed by atoms with Crippen LogP contribution in [-0.4, -0.2) is 27.8 Å². The van der Waals surface area contributed by atoms with Gasteiger partial charge < -0.3 is 10.6 Å². The van der Waals surface area contributed by atoms with Crippen LogP contribution in [0.3, 0.4) is 0 Å². The van der Waals surface area contributed by atoms with Crippen LogP contribution >= 0.6 is 0 Å². The Labute approximate surface area is 143 Å². The molecule has 2 N–H and O–H groups in total. The summed E-state index contributed by atoms with van der Waals surface area (Å²) in [7, 11) is 0. The van der Waals surface area contributed by atoms with Crippen molar-refractivity contribution >= 4 is 5.91 Å². The summed E-state index contributed by atoms with van der Waals surface area (Å²) < 4.78 is 2.00. The van der Waals surface area contributed by atoms with Crippen molar-refractivity contribution in [1.29, 1.82) is 0 Å². The van der Waals surface area contributed by atoms with Crippen LogP contribution < -0.4 is 10.6 Å². The Morgan fingerprint density at radius 2 is 2.00 bits per heavy atom. The summed E-state index contributed by atoms with van der Waals surface area (Å²) in [5, 5.41) is 10.9. The van der Waals surface area contributed by atoms with Crippen molar-refractivity contribution in [2.24, 2.45) is 0 Å². The number of benzene rings is 1. The number of nitrogens with zero attached hydrogens (tertiary/aromatic N) is 2. The monoisotopic (exact) mass is 326 g/mol. The number of nitrogens with one attached hydrogen (secondary N) is 2. The van der Waals surface area contributed by atoms with Gasteiger partial charge in [-0.1, -0.05) is 12.1 Å². The third-order valence-corrected chi connectivity index (χ3v) is 4.63. The zero-order valence-electron chi connectivity index (χ0n) is 14.6. The maximum Gasteiger partial charge on any atom is 0.251 e. The molecular formula is C19H26N4O. The first-order valence-corrected chi connectivity index (χ1v) is 8.67. The predicted octanol–water partition coefficient (Wildman–Crippen LogP) is 2.82. The number of carbonyl (C=O) groups excluding carboxylic acids is 1. The van der Waals surface area contributed by atoms with E-state index in [1.165, 1.54) is 11.1 Å². The molecule has 128 valence electrons. The lowest BCUT2D eigenvalue weighted by atomic mass is 10.1. The van der Waals surface area contributed by atoms with Gasteiger partial charge in [0, 0.05) is 30.4 Å². The van der Waals surface area contributed by atoms with Crippen molar-refractivity contribution in [3.05, 3.63) is 53.3 Å². The highest BCUT2D eigenvalue weighted by Crippen LogP contribution is 2.19. The van der Waals surface area contributed by atoms with Gasteiger partial charge in [0.2, 0.25) is 0 Å². The molecule has 1 fully saturated rings. The average molecular weight is 326 g/mol. The van der Waals surface area contributed by atoms with Crippen molar-refractivity contribution in [3.63, 3.8) is 0 Å². The molecule has 0 saturated heterocycles. The minimum absolute atomic E-state index is 0.0352. The highest BCUT2D eigenvalue weighted by molar-refractivity contribution is 5.94. The maximum atomic E-state index is 12.0. The van der Waals surface area contributed by atoms with Gasteiger partial charge in [0.25, 0.3) is 5.91 Å². The first kappa shape index (κ1) is 16.7. The third-order valence-electron chi connectivity index (χ3n) is 4.63. The van der Waals surface area contributed by atoms with E-state index in [4.69, 9.17) is 0 Å². The van der Waals surface area contributed by atoms with Gasteiger partial charge >= 0.3 is 0 Å². The molecule has 5 nitrogen and oxygen atoms in total. The van der Waals surface area contributed by atoms with Crippen molar-refractivity contribution in [1.82, 2.24) is 20.4 Å². The van der Waals surface area contributed by atoms with Crippen LogP contribution in [0.1, 0.15) is 54.2 Å². The number of hydrogen-bond donors (Lipinski definition) is 2. The summed E-state index contributed by atoms with van der Waals surface area (Å²) in [6.45, 7) is 7.15. The molecule has 2 atom stereocenters. The highest BCUT2D eigenvalue weighted by Gasteiger charge is 2.23. The molecule has 0 unspecified atom stereocenters. The van der Waals surface area contributed by atoms with E-state index in [-0.39, 0.29) is 11.9 Å². The van der Waals surface area contributed by atoms with Crippen LogP contribution in [0, 0.1) is 6.92 Å². The van der Waals surface area contributed by atoms with Crippen LogP contribution in [0.15, 0.2) is 36.7 Å². The smallest absolute Gasteiger partial charge is 0.251 e. The van der Waals surface area contributed by atoms with E-state index in [9.17, 15) is 4.79 Å². The molecule has 0 radical (unpaired) electrons. The summed E-state index contributed by atoms with van der Waals surface area (Å²) in [6, 6.07) is 8.81. The summed E-state index contributed by atoms with van der Waals surface area (Å²) in [6.07, 6.45) is 6.17. The van der Waals surface area contributed by atoms with E-state index in [1.54, 1.807) is 0 Å². The van der Waals surface area contributed by atoms with Gasteiger partial charge in [-0.3, -0.25) is 9.48 Å². The molecule has 1 amide bonds. The van der Waals surface area contributed by atoms with Crippen molar-refractivity contribution in [2.75, 3.05) is 0 Å². The lowest BCUT2D eigenvalue weighted by molar-refractivity contribution is 0.0951. The topological polar surface area (TPSA) is 59.0 Å². The molecule has 24 heavy (non-hydrogen) atoms. The van der Waals surface area contributed by atoms with Crippen LogP contribution in [-0.2, 0) is 6.54 Å². The van der Waals surface area contributed by atoms with E-state index in [0.29, 0.717) is 12.1 Å². The molecule has 1 aromatic heterocycles. The third kappa shape index (κ3) is 4.23. The van der Waals surface area contributed by atoms with Crippen LogP contribution in [0.2, 0.25) is 0 Å². The molecule has 0 bridgehead atoms. The lowest BCUT2D eigenvalue weighted by Gasteiger charge is -2.22. The number of aryl methyl sites for hydroxylation is 1. The van der Waals surface area contributed by atoms with Crippen molar-refractivity contribution in [3.8, 4) is 0 Å². The molecule has 1 aromatic carbocycles. The second kappa shape index (κ2) is 7.18. The van der Waals surface area contributed by atoms with E-state index in [0.717, 1.165) is 24.9 Å². The van der Waals surface area contributed by atoms with Gasteiger partial charge in [-0.05, 0) is 56.9 Å².